The Kier molecular flexibility index (Phi) is 6.00. The molecule has 2 aromatic rings. The first-order valence-electron chi connectivity index (χ1n) is 8.82. The Morgan fingerprint density at radius 1 is 1.36 bits per heavy atom. The number of anilines is 2. The predicted octanol–water partition coefficient (Wildman–Crippen LogP) is 2.23. The highest BCUT2D eigenvalue weighted by molar-refractivity contribution is 5.50. The lowest BCUT2D eigenvalue weighted by Crippen LogP contribution is -2.32. The first-order chi connectivity index (χ1) is 12.3. The maximum absolute atomic E-state index is 9.50. The summed E-state index contributed by atoms with van der Waals surface area (Å²) < 4.78 is 5.69. The van der Waals surface area contributed by atoms with Crippen molar-refractivity contribution in [3.05, 3.63) is 36.3 Å². The number of rotatable bonds is 8. The fraction of sp³-hybridized carbons (Fsp3) is 0.500. The molecule has 0 amide bonds. The first-order valence-corrected chi connectivity index (χ1v) is 8.82. The van der Waals surface area contributed by atoms with Gasteiger partial charge in [0.15, 0.2) is 0 Å². The fourth-order valence-corrected chi connectivity index (χ4v) is 3.00. The third-order valence-corrected chi connectivity index (χ3v) is 4.29. The molecule has 134 valence electrons. The van der Waals surface area contributed by atoms with E-state index in [9.17, 15) is 5.11 Å². The number of nitrogens with zero attached hydrogens (tertiary/aromatic N) is 4. The van der Waals surface area contributed by atoms with Crippen LogP contribution in [0.4, 0.5) is 11.6 Å². The quantitative estimate of drug-likeness (QED) is 0.760. The lowest BCUT2D eigenvalue weighted by Gasteiger charge is -2.24. The van der Waals surface area contributed by atoms with Crippen LogP contribution < -0.4 is 15.0 Å². The lowest BCUT2D eigenvalue weighted by atomic mass is 10.2. The zero-order valence-corrected chi connectivity index (χ0v) is 14.6. The van der Waals surface area contributed by atoms with Crippen molar-refractivity contribution in [2.24, 2.45) is 0 Å². The molecule has 0 radical (unpaired) electrons. The minimum Gasteiger partial charge on any atom is -0.477 e. The lowest BCUT2D eigenvalue weighted by molar-refractivity contribution is 0.266. The molecule has 7 nitrogen and oxygen atoms in total. The smallest absolute Gasteiger partial charge is 0.218 e. The van der Waals surface area contributed by atoms with Gasteiger partial charge in [0.25, 0.3) is 0 Å². The molecular weight excluding hydrogens is 318 g/mol. The second-order valence-corrected chi connectivity index (χ2v) is 6.10. The van der Waals surface area contributed by atoms with Gasteiger partial charge in [-0.2, -0.15) is 0 Å². The third-order valence-electron chi connectivity index (χ3n) is 4.29. The van der Waals surface area contributed by atoms with Crippen molar-refractivity contribution in [1.82, 2.24) is 15.0 Å². The molecule has 1 saturated heterocycles. The Balaban J connectivity index is 1.67. The van der Waals surface area contributed by atoms with E-state index in [0.29, 0.717) is 19.0 Å². The van der Waals surface area contributed by atoms with E-state index in [-0.39, 0.29) is 12.6 Å². The Hall–Kier alpha value is -2.41. The van der Waals surface area contributed by atoms with E-state index in [1.165, 1.54) is 0 Å². The normalized spacial score (nSPS) is 16.9. The van der Waals surface area contributed by atoms with Gasteiger partial charge in [0.2, 0.25) is 5.88 Å². The highest BCUT2D eigenvalue weighted by Crippen LogP contribution is 2.25. The van der Waals surface area contributed by atoms with Crippen LogP contribution in [0.1, 0.15) is 31.7 Å². The van der Waals surface area contributed by atoms with Crippen LogP contribution in [-0.2, 0) is 6.54 Å². The molecule has 2 N–H and O–H groups in total. The van der Waals surface area contributed by atoms with Crippen molar-refractivity contribution < 1.29 is 9.84 Å². The van der Waals surface area contributed by atoms with E-state index in [2.05, 4.69) is 32.1 Å². The van der Waals surface area contributed by atoms with Crippen LogP contribution in [0.2, 0.25) is 0 Å². The number of aliphatic hydroxyl groups excluding tert-OH is 1. The van der Waals surface area contributed by atoms with Crippen LogP contribution in [0, 0.1) is 0 Å². The van der Waals surface area contributed by atoms with Gasteiger partial charge in [0.1, 0.15) is 18.0 Å². The zero-order valence-electron chi connectivity index (χ0n) is 14.6. The van der Waals surface area contributed by atoms with Crippen LogP contribution in [0.5, 0.6) is 5.88 Å². The van der Waals surface area contributed by atoms with Crippen molar-refractivity contribution in [2.45, 2.75) is 38.8 Å². The molecule has 1 aliphatic rings. The zero-order chi connectivity index (χ0) is 17.5. The molecule has 25 heavy (non-hydrogen) atoms. The van der Waals surface area contributed by atoms with Crippen LogP contribution in [0.15, 0.2) is 30.7 Å². The van der Waals surface area contributed by atoms with Crippen molar-refractivity contribution in [2.75, 3.05) is 30.0 Å². The highest BCUT2D eigenvalue weighted by atomic mass is 16.5. The van der Waals surface area contributed by atoms with Crippen molar-refractivity contribution >= 4 is 11.6 Å². The maximum Gasteiger partial charge on any atom is 0.218 e. The summed E-state index contributed by atoms with van der Waals surface area (Å²) in [6.07, 6.45) is 6.31. The van der Waals surface area contributed by atoms with E-state index in [1.54, 1.807) is 12.5 Å². The summed E-state index contributed by atoms with van der Waals surface area (Å²) in [5, 5.41) is 12.8. The van der Waals surface area contributed by atoms with E-state index < -0.39 is 0 Å². The highest BCUT2D eigenvalue weighted by Gasteiger charge is 2.25. The number of nitrogens with one attached hydrogen (secondary N) is 1. The van der Waals surface area contributed by atoms with Gasteiger partial charge in [-0.3, -0.25) is 0 Å². The van der Waals surface area contributed by atoms with E-state index in [0.717, 1.165) is 43.0 Å². The summed E-state index contributed by atoms with van der Waals surface area (Å²) in [7, 11) is 0. The topological polar surface area (TPSA) is 83.4 Å². The fourth-order valence-electron chi connectivity index (χ4n) is 3.00. The molecule has 0 aliphatic carbocycles. The molecule has 0 saturated carbocycles. The molecule has 3 heterocycles. The number of aliphatic hydroxyl groups is 1. The molecule has 0 unspecified atom stereocenters. The molecule has 7 heteroatoms. The monoisotopic (exact) mass is 343 g/mol. The minimum atomic E-state index is 0.148. The second kappa shape index (κ2) is 8.62. The van der Waals surface area contributed by atoms with Crippen molar-refractivity contribution in [3.8, 4) is 5.88 Å². The molecule has 1 aliphatic heterocycles. The molecule has 3 rings (SSSR count). The Labute approximate surface area is 148 Å². The Bertz CT molecular complexity index is 682. The summed E-state index contributed by atoms with van der Waals surface area (Å²) >= 11 is 0. The van der Waals surface area contributed by atoms with Gasteiger partial charge in [0.05, 0.1) is 19.3 Å². The second-order valence-electron chi connectivity index (χ2n) is 6.10. The maximum atomic E-state index is 9.50. The van der Waals surface area contributed by atoms with Crippen molar-refractivity contribution in [1.29, 1.82) is 0 Å². The van der Waals surface area contributed by atoms with Gasteiger partial charge in [-0.15, -0.1) is 0 Å². The number of aromatic nitrogens is 3. The Morgan fingerprint density at radius 2 is 2.28 bits per heavy atom. The Morgan fingerprint density at radius 3 is 3.12 bits per heavy atom. The van der Waals surface area contributed by atoms with Crippen LogP contribution in [0.25, 0.3) is 0 Å². The van der Waals surface area contributed by atoms with E-state index >= 15 is 0 Å². The molecule has 1 fully saturated rings. The molecule has 0 bridgehead atoms. The average Bonchev–Trinajstić information content (AvgIpc) is 3.14. The van der Waals surface area contributed by atoms with E-state index in [4.69, 9.17) is 4.74 Å². The van der Waals surface area contributed by atoms with E-state index in [1.807, 2.05) is 18.2 Å². The van der Waals surface area contributed by atoms with Gasteiger partial charge in [-0.1, -0.05) is 13.0 Å². The molecule has 2 aromatic heterocycles. The van der Waals surface area contributed by atoms with Gasteiger partial charge in [0, 0.05) is 30.9 Å². The summed E-state index contributed by atoms with van der Waals surface area (Å²) in [6.45, 7) is 4.37. The summed E-state index contributed by atoms with van der Waals surface area (Å²) in [6, 6.07) is 5.97. The summed E-state index contributed by atoms with van der Waals surface area (Å²) in [5.74, 6) is 2.26. The first kappa shape index (κ1) is 17.4. The largest absolute Gasteiger partial charge is 0.477 e. The van der Waals surface area contributed by atoms with Crippen molar-refractivity contribution in [3.63, 3.8) is 0 Å². The van der Waals surface area contributed by atoms with Gasteiger partial charge in [-0.25, -0.2) is 15.0 Å². The molecule has 0 spiro atoms. The molecular formula is C18H25N5O2. The minimum absolute atomic E-state index is 0.148. The average molecular weight is 343 g/mol. The molecule has 0 aromatic carbocycles. The van der Waals surface area contributed by atoms with Gasteiger partial charge < -0.3 is 20.1 Å². The van der Waals surface area contributed by atoms with Crippen LogP contribution >= 0.6 is 0 Å². The third kappa shape index (κ3) is 4.36. The van der Waals surface area contributed by atoms with Gasteiger partial charge >= 0.3 is 0 Å². The number of hydrogen-bond acceptors (Lipinski definition) is 7. The van der Waals surface area contributed by atoms with Crippen LogP contribution in [-0.4, -0.2) is 45.9 Å². The number of ether oxygens (including phenoxy) is 1. The van der Waals surface area contributed by atoms with Crippen LogP contribution in [0.3, 0.4) is 0 Å². The standard InChI is InChI=1S/C18H25N5O2/c1-2-9-25-18-14(5-3-7-19-18)11-20-16-10-17(22-13-21-16)23-8-4-6-15(23)12-24/h3,5,7,10,13,15,24H,2,4,6,8-9,11-12H2,1H3,(H,20,21,22)/t15-/m0/s1. The SMILES string of the molecule is CCCOc1ncccc1CNc1cc(N2CCC[C@H]2CO)ncn1. The van der Waals surface area contributed by atoms with Gasteiger partial charge in [-0.05, 0) is 25.3 Å². The number of hydrogen-bond donors (Lipinski definition) is 2. The predicted molar refractivity (Wildman–Crippen MR) is 96.8 cm³/mol. The molecule has 1 atom stereocenters. The summed E-state index contributed by atoms with van der Waals surface area (Å²) in [5.41, 5.74) is 0.991. The summed E-state index contributed by atoms with van der Waals surface area (Å²) in [4.78, 5) is 15.1. The number of pyridine rings is 1.